The highest BCUT2D eigenvalue weighted by Gasteiger charge is 2.16. The van der Waals surface area contributed by atoms with Crippen LogP contribution >= 0.6 is 0 Å². The van der Waals surface area contributed by atoms with Crippen molar-refractivity contribution in [1.82, 2.24) is 0 Å². The zero-order valence-electron chi connectivity index (χ0n) is 12.0. The van der Waals surface area contributed by atoms with E-state index in [-0.39, 0.29) is 10.7 Å². The topological polar surface area (TPSA) is 51.2 Å². The molecule has 0 aliphatic rings. The van der Waals surface area contributed by atoms with Gasteiger partial charge in [0.15, 0.2) is 9.84 Å². The van der Waals surface area contributed by atoms with E-state index in [1.54, 1.807) is 12.1 Å². The van der Waals surface area contributed by atoms with Gasteiger partial charge in [-0.15, -0.1) is 0 Å². The summed E-state index contributed by atoms with van der Waals surface area (Å²) in [7, 11) is -3.27. The van der Waals surface area contributed by atoms with E-state index in [0.29, 0.717) is 16.7 Å². The number of allylic oxidation sites excluding steroid dienone is 1. The lowest BCUT2D eigenvalue weighted by molar-refractivity contribution is -0.108. The van der Waals surface area contributed by atoms with E-state index in [9.17, 15) is 17.6 Å². The maximum absolute atomic E-state index is 13.0. The summed E-state index contributed by atoms with van der Waals surface area (Å²) >= 11 is 0. The molecule has 0 aromatic heterocycles. The van der Waals surface area contributed by atoms with E-state index in [2.05, 4.69) is 6.58 Å². The van der Waals surface area contributed by atoms with Crippen LogP contribution < -0.4 is 0 Å². The van der Waals surface area contributed by atoms with E-state index < -0.39 is 15.8 Å². The number of halogens is 1. The Morgan fingerprint density at radius 2 is 1.64 bits per heavy atom. The first-order valence-corrected chi connectivity index (χ1v) is 8.42. The van der Waals surface area contributed by atoms with Crippen molar-refractivity contribution in [1.29, 1.82) is 0 Å². The third kappa shape index (κ3) is 3.49. The number of carbonyl (C=O) groups excluding carboxylic acids is 1. The standard InChI is InChI=1S/C17H15FO3S/c1-12(13-5-9-16(10-6-13)22(2,20)21)17(11-19)14-3-7-15(18)8-4-14/h3-11,17H,1H2,2H3. The van der Waals surface area contributed by atoms with Gasteiger partial charge in [-0.25, -0.2) is 12.8 Å². The van der Waals surface area contributed by atoms with Crippen LogP contribution in [0.2, 0.25) is 0 Å². The second-order valence-corrected chi connectivity index (χ2v) is 7.00. The van der Waals surface area contributed by atoms with Gasteiger partial charge in [-0.3, -0.25) is 0 Å². The average Bonchev–Trinajstić information content (AvgIpc) is 2.49. The predicted octanol–water partition coefficient (Wildman–Crippen LogP) is 3.23. The van der Waals surface area contributed by atoms with Crippen LogP contribution in [0, 0.1) is 5.82 Å². The van der Waals surface area contributed by atoms with E-state index in [1.807, 2.05) is 0 Å². The fourth-order valence-electron chi connectivity index (χ4n) is 2.13. The van der Waals surface area contributed by atoms with E-state index in [4.69, 9.17) is 0 Å². The Kier molecular flexibility index (Phi) is 4.56. The largest absolute Gasteiger partial charge is 0.302 e. The van der Waals surface area contributed by atoms with Gasteiger partial charge in [0.25, 0.3) is 0 Å². The molecule has 0 radical (unpaired) electrons. The SMILES string of the molecule is C=C(c1ccc(S(C)(=O)=O)cc1)C(C=O)c1ccc(F)cc1. The third-order valence-electron chi connectivity index (χ3n) is 3.39. The number of aldehydes is 1. The summed E-state index contributed by atoms with van der Waals surface area (Å²) < 4.78 is 35.9. The second kappa shape index (κ2) is 6.23. The van der Waals surface area contributed by atoms with Crippen LogP contribution in [0.3, 0.4) is 0 Å². The molecule has 0 saturated carbocycles. The molecule has 3 nitrogen and oxygen atoms in total. The van der Waals surface area contributed by atoms with Gasteiger partial charge in [-0.1, -0.05) is 30.8 Å². The zero-order valence-corrected chi connectivity index (χ0v) is 12.8. The molecule has 2 aromatic carbocycles. The number of benzene rings is 2. The number of sulfone groups is 1. The van der Waals surface area contributed by atoms with Crippen LogP contribution in [0.25, 0.3) is 5.57 Å². The first-order chi connectivity index (χ1) is 10.3. The average molecular weight is 318 g/mol. The number of hydrogen-bond donors (Lipinski definition) is 0. The molecule has 1 unspecified atom stereocenters. The Morgan fingerprint density at radius 1 is 1.09 bits per heavy atom. The fraction of sp³-hybridized carbons (Fsp3) is 0.118. The summed E-state index contributed by atoms with van der Waals surface area (Å²) in [6.07, 6.45) is 1.86. The van der Waals surface area contributed by atoms with Crippen molar-refractivity contribution in [3.63, 3.8) is 0 Å². The molecule has 22 heavy (non-hydrogen) atoms. The van der Waals surface area contributed by atoms with Crippen molar-refractivity contribution in [3.8, 4) is 0 Å². The van der Waals surface area contributed by atoms with Crippen LogP contribution in [0.1, 0.15) is 17.0 Å². The van der Waals surface area contributed by atoms with Gasteiger partial charge in [0.05, 0.1) is 10.8 Å². The lowest BCUT2D eigenvalue weighted by atomic mass is 9.89. The molecule has 5 heteroatoms. The second-order valence-electron chi connectivity index (χ2n) is 4.99. The van der Waals surface area contributed by atoms with Crippen LogP contribution in [-0.2, 0) is 14.6 Å². The number of hydrogen-bond acceptors (Lipinski definition) is 3. The predicted molar refractivity (Wildman–Crippen MR) is 83.8 cm³/mol. The Balaban J connectivity index is 2.33. The molecule has 1 atom stereocenters. The molecule has 0 saturated heterocycles. The number of carbonyl (C=O) groups is 1. The minimum Gasteiger partial charge on any atom is -0.302 e. The van der Waals surface area contributed by atoms with E-state index in [1.165, 1.54) is 36.4 Å². The number of rotatable bonds is 5. The van der Waals surface area contributed by atoms with Gasteiger partial charge >= 0.3 is 0 Å². The molecule has 2 aromatic rings. The highest BCUT2D eigenvalue weighted by atomic mass is 32.2. The highest BCUT2D eigenvalue weighted by molar-refractivity contribution is 7.90. The molecular formula is C17H15FO3S. The normalized spacial score (nSPS) is 12.6. The lowest BCUT2D eigenvalue weighted by Gasteiger charge is -2.15. The van der Waals surface area contributed by atoms with E-state index >= 15 is 0 Å². The van der Waals surface area contributed by atoms with Crippen LogP contribution in [0.5, 0.6) is 0 Å². The van der Waals surface area contributed by atoms with Gasteiger partial charge in [0.2, 0.25) is 0 Å². The zero-order chi connectivity index (χ0) is 16.3. The summed E-state index contributed by atoms with van der Waals surface area (Å²) in [6, 6.07) is 11.8. The summed E-state index contributed by atoms with van der Waals surface area (Å²) in [5, 5.41) is 0. The Labute approximate surface area is 129 Å². The molecule has 0 amide bonds. The van der Waals surface area contributed by atoms with Crippen molar-refractivity contribution >= 4 is 21.7 Å². The Hall–Kier alpha value is -2.27. The van der Waals surface area contributed by atoms with Crippen molar-refractivity contribution in [2.75, 3.05) is 6.26 Å². The highest BCUT2D eigenvalue weighted by Crippen LogP contribution is 2.29. The molecular weight excluding hydrogens is 303 g/mol. The van der Waals surface area contributed by atoms with Crippen LogP contribution in [0.4, 0.5) is 4.39 Å². The van der Waals surface area contributed by atoms with Gasteiger partial charge in [0, 0.05) is 6.26 Å². The van der Waals surface area contributed by atoms with E-state index in [0.717, 1.165) is 12.5 Å². The molecule has 114 valence electrons. The molecule has 0 N–H and O–H groups in total. The van der Waals surface area contributed by atoms with Gasteiger partial charge in [0.1, 0.15) is 12.1 Å². The molecule has 2 rings (SSSR count). The Bertz CT molecular complexity index is 791. The lowest BCUT2D eigenvalue weighted by Crippen LogP contribution is -2.04. The maximum Gasteiger partial charge on any atom is 0.175 e. The van der Waals surface area contributed by atoms with Crippen molar-refractivity contribution in [2.24, 2.45) is 0 Å². The monoisotopic (exact) mass is 318 g/mol. The molecule has 0 aliphatic heterocycles. The van der Waals surface area contributed by atoms with Crippen molar-refractivity contribution < 1.29 is 17.6 Å². The van der Waals surface area contributed by atoms with Crippen LogP contribution in [0.15, 0.2) is 60.0 Å². The van der Waals surface area contributed by atoms with Crippen molar-refractivity contribution in [2.45, 2.75) is 10.8 Å². The first-order valence-electron chi connectivity index (χ1n) is 6.53. The fourth-order valence-corrected chi connectivity index (χ4v) is 2.76. The first kappa shape index (κ1) is 16.1. The maximum atomic E-state index is 13.0. The summed E-state index contributed by atoms with van der Waals surface area (Å²) in [5.74, 6) is -0.985. The van der Waals surface area contributed by atoms with Crippen molar-refractivity contribution in [3.05, 3.63) is 72.1 Å². The smallest absolute Gasteiger partial charge is 0.175 e. The van der Waals surface area contributed by atoms with Gasteiger partial charge in [-0.2, -0.15) is 0 Å². The minimum absolute atomic E-state index is 0.202. The minimum atomic E-state index is -3.27. The summed E-state index contributed by atoms with van der Waals surface area (Å²) in [5.41, 5.74) is 1.82. The Morgan fingerprint density at radius 3 is 2.09 bits per heavy atom. The quantitative estimate of drug-likeness (QED) is 0.795. The molecule has 0 bridgehead atoms. The summed E-state index contributed by atoms with van der Waals surface area (Å²) in [4.78, 5) is 11.6. The van der Waals surface area contributed by atoms with Gasteiger partial charge < -0.3 is 4.79 Å². The third-order valence-corrected chi connectivity index (χ3v) is 4.52. The molecule has 0 aliphatic carbocycles. The molecule has 0 heterocycles. The van der Waals surface area contributed by atoms with Crippen LogP contribution in [-0.4, -0.2) is 21.0 Å². The molecule has 0 spiro atoms. The van der Waals surface area contributed by atoms with Gasteiger partial charge in [-0.05, 0) is 41.0 Å². The summed E-state index contributed by atoms with van der Waals surface area (Å²) in [6.45, 7) is 3.91. The molecule has 0 fully saturated rings.